The zero-order chi connectivity index (χ0) is 24.6. The number of alkyl halides is 3. The maximum atomic E-state index is 13.6. The number of para-hydroxylation sites is 1. The van der Waals surface area contributed by atoms with Crippen LogP contribution in [0.15, 0.2) is 42.5 Å². The van der Waals surface area contributed by atoms with E-state index in [9.17, 15) is 18.0 Å². The molecule has 1 heterocycles. The third-order valence-electron chi connectivity index (χ3n) is 7.43. The molecule has 8 heteroatoms. The van der Waals surface area contributed by atoms with Crippen molar-refractivity contribution >= 4 is 38.3 Å². The first-order chi connectivity index (χ1) is 16.7. The molecule has 2 saturated carbocycles. The molecule has 2 aliphatic carbocycles. The number of rotatable bonds is 7. The van der Waals surface area contributed by atoms with Crippen LogP contribution in [0.3, 0.4) is 0 Å². The first kappa shape index (κ1) is 24.3. The Labute approximate surface area is 207 Å². The standard InChI is InChI=1S/C27H30F3N3OS/c1-18(34)31-26-32-25-23(11-6-12-24(25)35-26)33(16-19-13-14-19,22-9-3-2-4-10-22)17-20-7-5-8-21(15-20)27(28,29)30/h5-8,11-12,15,19,22H,2-4,9-10,13-14,16-17H2,1H3/p+1. The molecule has 2 fully saturated rings. The molecule has 186 valence electrons. The summed E-state index contributed by atoms with van der Waals surface area (Å²) in [4.78, 5) is 16.5. The van der Waals surface area contributed by atoms with Crippen molar-refractivity contribution < 1.29 is 18.0 Å². The van der Waals surface area contributed by atoms with E-state index in [4.69, 9.17) is 4.98 Å². The molecule has 5 rings (SSSR count). The molecule has 0 bridgehead atoms. The van der Waals surface area contributed by atoms with Crippen molar-refractivity contribution in [2.24, 2.45) is 5.92 Å². The van der Waals surface area contributed by atoms with Crippen LogP contribution in [-0.4, -0.2) is 23.5 Å². The van der Waals surface area contributed by atoms with Crippen LogP contribution in [0.25, 0.3) is 10.2 Å². The number of nitrogens with one attached hydrogen (secondary N) is 1. The number of halogens is 3. The van der Waals surface area contributed by atoms with Crippen molar-refractivity contribution in [1.82, 2.24) is 9.47 Å². The summed E-state index contributed by atoms with van der Waals surface area (Å²) >= 11 is 1.45. The van der Waals surface area contributed by atoms with E-state index in [1.165, 1.54) is 49.7 Å². The lowest BCUT2D eigenvalue weighted by atomic mass is 9.90. The second kappa shape index (κ2) is 9.54. The monoisotopic (exact) mass is 502 g/mol. The summed E-state index contributed by atoms with van der Waals surface area (Å²) in [7, 11) is 0. The molecule has 4 nitrogen and oxygen atoms in total. The number of carbonyl (C=O) groups excluding carboxylic acids is 1. The van der Waals surface area contributed by atoms with Gasteiger partial charge in [0.2, 0.25) is 5.91 Å². The topological polar surface area (TPSA) is 42.0 Å². The van der Waals surface area contributed by atoms with Gasteiger partial charge in [-0.1, -0.05) is 36.0 Å². The number of aromatic nitrogens is 1. The minimum atomic E-state index is -4.37. The Morgan fingerprint density at radius 2 is 1.83 bits per heavy atom. The van der Waals surface area contributed by atoms with Gasteiger partial charge < -0.3 is 5.32 Å². The van der Waals surface area contributed by atoms with Crippen LogP contribution in [0.5, 0.6) is 0 Å². The summed E-state index contributed by atoms with van der Waals surface area (Å²) in [5.41, 5.74) is 2.05. The van der Waals surface area contributed by atoms with Crippen LogP contribution >= 0.6 is 11.3 Å². The lowest BCUT2D eigenvalue weighted by molar-refractivity contribution is -0.137. The number of thiazole rings is 1. The average molecular weight is 503 g/mol. The number of benzene rings is 2. The molecular weight excluding hydrogens is 471 g/mol. The summed E-state index contributed by atoms with van der Waals surface area (Å²) in [6, 6.07) is 12.3. The van der Waals surface area contributed by atoms with Gasteiger partial charge in [-0.3, -0.25) is 9.28 Å². The highest BCUT2D eigenvalue weighted by atomic mass is 32.1. The smallest absolute Gasteiger partial charge is 0.302 e. The van der Waals surface area contributed by atoms with E-state index in [1.54, 1.807) is 0 Å². The number of quaternary nitrogens is 1. The van der Waals surface area contributed by atoms with Gasteiger partial charge in [0.15, 0.2) is 10.8 Å². The van der Waals surface area contributed by atoms with E-state index in [2.05, 4.69) is 11.4 Å². The van der Waals surface area contributed by atoms with Gasteiger partial charge in [-0.2, -0.15) is 13.2 Å². The first-order valence-electron chi connectivity index (χ1n) is 12.5. The number of hydrogen-bond donors (Lipinski definition) is 1. The minimum absolute atomic E-state index is 0.166. The van der Waals surface area contributed by atoms with Crippen LogP contribution in [0, 0.1) is 5.92 Å². The Bertz CT molecular complexity index is 1210. The highest BCUT2D eigenvalue weighted by molar-refractivity contribution is 7.22. The van der Waals surface area contributed by atoms with Crippen molar-refractivity contribution in [3.63, 3.8) is 0 Å². The predicted molar refractivity (Wildman–Crippen MR) is 135 cm³/mol. The lowest BCUT2D eigenvalue weighted by Crippen LogP contribution is -2.58. The summed E-state index contributed by atoms with van der Waals surface area (Å²) in [6.07, 6.45) is 3.57. The van der Waals surface area contributed by atoms with Gasteiger partial charge in [0, 0.05) is 24.5 Å². The van der Waals surface area contributed by atoms with Crippen molar-refractivity contribution in [3.8, 4) is 0 Å². The van der Waals surface area contributed by atoms with Gasteiger partial charge >= 0.3 is 6.18 Å². The summed E-state index contributed by atoms with van der Waals surface area (Å²) in [6.45, 7) is 2.89. The van der Waals surface area contributed by atoms with Gasteiger partial charge in [0.1, 0.15) is 12.1 Å². The SMILES string of the molecule is CC(=O)Nc1nc2c([N+](Cc3cccc(C(F)(F)F)c3)(CC3CC3)C3CCCCC3)cccc2s1. The number of amides is 1. The van der Waals surface area contributed by atoms with Crippen molar-refractivity contribution in [2.45, 2.75) is 70.6 Å². The molecular formula is C27H31F3N3OS+. The van der Waals surface area contributed by atoms with E-state index in [-0.39, 0.29) is 5.91 Å². The largest absolute Gasteiger partial charge is 0.416 e. The van der Waals surface area contributed by atoms with Gasteiger partial charge in [0.05, 0.1) is 22.8 Å². The second-order valence-electron chi connectivity index (χ2n) is 10.1. The maximum Gasteiger partial charge on any atom is 0.416 e. The van der Waals surface area contributed by atoms with Gasteiger partial charge in [-0.05, 0) is 56.7 Å². The van der Waals surface area contributed by atoms with E-state index >= 15 is 0 Å². The van der Waals surface area contributed by atoms with Crippen LogP contribution in [-0.2, 0) is 17.5 Å². The lowest BCUT2D eigenvalue weighted by Gasteiger charge is -2.46. The number of fused-ring (bicyclic) bond motifs is 1. The molecule has 1 N–H and O–H groups in total. The van der Waals surface area contributed by atoms with Gasteiger partial charge in [0.25, 0.3) is 0 Å². The third-order valence-corrected chi connectivity index (χ3v) is 8.37. The Morgan fingerprint density at radius 1 is 1.09 bits per heavy atom. The van der Waals surface area contributed by atoms with Gasteiger partial charge in [-0.15, -0.1) is 0 Å². The van der Waals surface area contributed by atoms with Crippen molar-refractivity contribution in [2.75, 3.05) is 11.9 Å². The molecule has 3 aromatic rings. The molecule has 0 radical (unpaired) electrons. The zero-order valence-electron chi connectivity index (χ0n) is 19.9. The van der Waals surface area contributed by atoms with Crippen LogP contribution in [0.4, 0.5) is 24.0 Å². The quantitative estimate of drug-likeness (QED) is 0.340. The van der Waals surface area contributed by atoms with Crippen molar-refractivity contribution in [1.29, 1.82) is 0 Å². The zero-order valence-corrected chi connectivity index (χ0v) is 20.7. The molecule has 1 aromatic heterocycles. The van der Waals surface area contributed by atoms with Crippen LogP contribution in [0.2, 0.25) is 0 Å². The highest BCUT2D eigenvalue weighted by Crippen LogP contribution is 2.46. The van der Waals surface area contributed by atoms with Gasteiger partial charge in [-0.25, -0.2) is 4.98 Å². The first-order valence-corrected chi connectivity index (χ1v) is 13.3. The number of hydrogen-bond acceptors (Lipinski definition) is 3. The Hall–Kier alpha value is -2.45. The Kier molecular flexibility index (Phi) is 6.61. The Morgan fingerprint density at radius 3 is 2.51 bits per heavy atom. The number of anilines is 1. The summed E-state index contributed by atoms with van der Waals surface area (Å²) in [5, 5.41) is 3.38. The summed E-state index contributed by atoms with van der Waals surface area (Å²) in [5.74, 6) is 0.409. The fraction of sp³-hybridized carbons (Fsp3) is 0.481. The molecule has 0 spiro atoms. The minimum Gasteiger partial charge on any atom is -0.302 e. The van der Waals surface area contributed by atoms with E-state index < -0.39 is 11.7 Å². The Balaban J connectivity index is 1.66. The molecule has 1 unspecified atom stereocenters. The van der Waals surface area contributed by atoms with E-state index in [0.717, 1.165) is 54.2 Å². The third kappa shape index (κ3) is 5.23. The number of nitrogens with zero attached hydrogens (tertiary/aromatic N) is 2. The molecule has 2 aromatic carbocycles. The molecule has 2 aliphatic rings. The van der Waals surface area contributed by atoms with Crippen molar-refractivity contribution in [3.05, 3.63) is 53.6 Å². The molecule has 1 atom stereocenters. The van der Waals surface area contributed by atoms with Crippen LogP contribution in [0.1, 0.15) is 63.0 Å². The average Bonchev–Trinajstić information content (AvgIpc) is 3.54. The van der Waals surface area contributed by atoms with E-state index in [1.807, 2.05) is 18.2 Å². The predicted octanol–water partition coefficient (Wildman–Crippen LogP) is 7.52. The molecule has 0 saturated heterocycles. The normalized spacial score (nSPS) is 19.0. The second-order valence-corrected chi connectivity index (χ2v) is 11.2. The molecule has 35 heavy (non-hydrogen) atoms. The van der Waals surface area contributed by atoms with Crippen LogP contribution < -0.4 is 9.80 Å². The fourth-order valence-corrected chi connectivity index (χ4v) is 6.66. The number of carbonyl (C=O) groups is 1. The fourth-order valence-electron chi connectivity index (χ4n) is 5.73. The maximum absolute atomic E-state index is 13.6. The molecule has 1 amide bonds. The van der Waals surface area contributed by atoms with E-state index in [0.29, 0.717) is 33.7 Å². The highest BCUT2D eigenvalue weighted by Gasteiger charge is 2.46. The summed E-state index contributed by atoms with van der Waals surface area (Å²) < 4.78 is 42.3. The molecule has 0 aliphatic heterocycles.